The highest BCUT2D eigenvalue weighted by atomic mass is 16.5. The molecule has 0 bridgehead atoms. The van der Waals surface area contributed by atoms with E-state index >= 15 is 0 Å². The van der Waals surface area contributed by atoms with Gasteiger partial charge < -0.3 is 20.5 Å². The molecule has 0 radical (unpaired) electrons. The largest absolute Gasteiger partial charge is 0.497 e. The van der Waals surface area contributed by atoms with Crippen LogP contribution in [0, 0.1) is 11.8 Å². The van der Waals surface area contributed by atoms with Crippen molar-refractivity contribution < 1.29 is 14.3 Å². The van der Waals surface area contributed by atoms with Crippen molar-refractivity contribution in [2.75, 3.05) is 20.3 Å². The van der Waals surface area contributed by atoms with Crippen molar-refractivity contribution in [3.63, 3.8) is 0 Å². The average Bonchev–Trinajstić information content (AvgIpc) is 2.52. The summed E-state index contributed by atoms with van der Waals surface area (Å²) < 4.78 is 10.9. The van der Waals surface area contributed by atoms with E-state index in [1.807, 2.05) is 18.2 Å². The molecule has 1 aromatic carbocycles. The molecule has 5 nitrogen and oxygen atoms in total. The van der Waals surface area contributed by atoms with Gasteiger partial charge in [-0.15, -0.1) is 0 Å². The van der Waals surface area contributed by atoms with Gasteiger partial charge in [-0.25, -0.2) is 0 Å². The van der Waals surface area contributed by atoms with Crippen molar-refractivity contribution in [3.05, 3.63) is 23.8 Å². The number of carbonyl (C=O) groups excluding carboxylic acids is 1. The van der Waals surface area contributed by atoms with E-state index < -0.39 is 0 Å². The van der Waals surface area contributed by atoms with Gasteiger partial charge >= 0.3 is 0 Å². The molecule has 2 unspecified atom stereocenters. The Labute approximate surface area is 132 Å². The number of rotatable bonds is 6. The summed E-state index contributed by atoms with van der Waals surface area (Å²) in [6, 6.07) is 5.72. The van der Waals surface area contributed by atoms with Gasteiger partial charge in [-0.1, -0.05) is 13.8 Å². The summed E-state index contributed by atoms with van der Waals surface area (Å²) in [7, 11) is 1.63. The first-order chi connectivity index (χ1) is 10.5. The van der Waals surface area contributed by atoms with Crippen LogP contribution >= 0.6 is 0 Å². The number of carbonyl (C=O) groups is 1. The van der Waals surface area contributed by atoms with E-state index in [1.165, 1.54) is 0 Å². The minimum absolute atomic E-state index is 0.0181. The maximum atomic E-state index is 12.4. The zero-order valence-corrected chi connectivity index (χ0v) is 13.6. The van der Waals surface area contributed by atoms with Crippen LogP contribution in [0.15, 0.2) is 18.2 Å². The van der Waals surface area contributed by atoms with Crippen molar-refractivity contribution in [1.82, 2.24) is 5.32 Å². The second-order valence-corrected chi connectivity index (χ2v) is 6.26. The molecule has 2 rings (SSSR count). The molecule has 1 aromatic rings. The Morgan fingerprint density at radius 2 is 2.27 bits per heavy atom. The van der Waals surface area contributed by atoms with Gasteiger partial charge in [-0.3, -0.25) is 4.79 Å². The molecule has 22 heavy (non-hydrogen) atoms. The van der Waals surface area contributed by atoms with Gasteiger partial charge in [0.05, 0.1) is 13.0 Å². The molecule has 0 aliphatic carbocycles. The monoisotopic (exact) mass is 306 g/mol. The van der Waals surface area contributed by atoms with Crippen LogP contribution in [0.5, 0.6) is 11.5 Å². The third-order valence-electron chi connectivity index (χ3n) is 3.93. The molecular weight excluding hydrogens is 280 g/mol. The standard InChI is InChI=1S/C17H26N2O3/c1-11(2)6-14(9-18)19-17(20)13-7-12-8-15(21-3)4-5-16(12)22-10-13/h4-5,8,11,13-14H,6-7,9-10,18H2,1-3H3,(H,19,20). The normalized spacial score (nSPS) is 18.3. The fourth-order valence-corrected chi connectivity index (χ4v) is 2.77. The van der Waals surface area contributed by atoms with Crippen LogP contribution in [0.2, 0.25) is 0 Å². The number of benzene rings is 1. The fraction of sp³-hybridized carbons (Fsp3) is 0.588. The minimum atomic E-state index is -0.180. The van der Waals surface area contributed by atoms with Gasteiger partial charge in [0.1, 0.15) is 18.1 Å². The Morgan fingerprint density at radius 1 is 1.50 bits per heavy atom. The van der Waals surface area contributed by atoms with Crippen LogP contribution in [-0.2, 0) is 11.2 Å². The molecule has 3 N–H and O–H groups in total. The molecule has 0 spiro atoms. The van der Waals surface area contributed by atoms with E-state index in [9.17, 15) is 4.79 Å². The number of amides is 1. The molecule has 2 atom stereocenters. The van der Waals surface area contributed by atoms with Crippen LogP contribution in [-0.4, -0.2) is 32.2 Å². The van der Waals surface area contributed by atoms with Crippen molar-refractivity contribution >= 4 is 5.91 Å². The quantitative estimate of drug-likeness (QED) is 0.839. The highest BCUT2D eigenvalue weighted by Gasteiger charge is 2.27. The number of fused-ring (bicyclic) bond motifs is 1. The van der Waals surface area contributed by atoms with Crippen LogP contribution in [0.3, 0.4) is 0 Å². The summed E-state index contributed by atoms with van der Waals surface area (Å²) in [5.41, 5.74) is 6.76. The predicted octanol–water partition coefficient (Wildman–Crippen LogP) is 1.74. The first-order valence-electron chi connectivity index (χ1n) is 7.83. The van der Waals surface area contributed by atoms with Crippen molar-refractivity contribution in [3.8, 4) is 11.5 Å². The number of ether oxygens (including phenoxy) is 2. The van der Waals surface area contributed by atoms with Crippen molar-refractivity contribution in [1.29, 1.82) is 0 Å². The second-order valence-electron chi connectivity index (χ2n) is 6.26. The Balaban J connectivity index is 2.00. The number of nitrogens with two attached hydrogens (primary N) is 1. The third-order valence-corrected chi connectivity index (χ3v) is 3.93. The number of methoxy groups -OCH3 is 1. The molecule has 1 heterocycles. The van der Waals surface area contributed by atoms with Crippen LogP contribution in [0.4, 0.5) is 0 Å². The molecule has 0 fully saturated rings. The molecule has 122 valence electrons. The summed E-state index contributed by atoms with van der Waals surface area (Å²) in [6.07, 6.45) is 1.55. The molecule has 1 aliphatic rings. The topological polar surface area (TPSA) is 73.6 Å². The lowest BCUT2D eigenvalue weighted by Gasteiger charge is -2.27. The lowest BCUT2D eigenvalue weighted by Crippen LogP contribution is -2.46. The number of hydrogen-bond donors (Lipinski definition) is 2. The summed E-state index contributed by atoms with van der Waals surface area (Å²) in [5.74, 6) is 1.96. The summed E-state index contributed by atoms with van der Waals surface area (Å²) in [6.45, 7) is 5.12. The van der Waals surface area contributed by atoms with Crippen molar-refractivity contribution in [2.45, 2.75) is 32.7 Å². The Hall–Kier alpha value is -1.75. The SMILES string of the molecule is COc1ccc2c(c1)CC(C(=O)NC(CN)CC(C)C)CO2. The smallest absolute Gasteiger partial charge is 0.227 e. The molecular formula is C17H26N2O3. The zero-order chi connectivity index (χ0) is 16.1. The molecule has 1 amide bonds. The molecule has 0 saturated heterocycles. The average molecular weight is 306 g/mol. The van der Waals surface area contributed by atoms with E-state index in [0.717, 1.165) is 23.5 Å². The second kappa shape index (κ2) is 7.49. The van der Waals surface area contributed by atoms with Gasteiger partial charge in [0.15, 0.2) is 0 Å². The van der Waals surface area contributed by atoms with E-state index in [2.05, 4.69) is 19.2 Å². The Kier molecular flexibility index (Phi) is 5.66. The highest BCUT2D eigenvalue weighted by molar-refractivity contribution is 5.80. The predicted molar refractivity (Wildman–Crippen MR) is 86.1 cm³/mol. The van der Waals surface area contributed by atoms with Crippen LogP contribution < -0.4 is 20.5 Å². The Morgan fingerprint density at radius 3 is 2.91 bits per heavy atom. The zero-order valence-electron chi connectivity index (χ0n) is 13.6. The summed E-state index contributed by atoms with van der Waals surface area (Å²) in [5, 5.41) is 3.05. The first kappa shape index (κ1) is 16.6. The lowest BCUT2D eigenvalue weighted by molar-refractivity contribution is -0.127. The minimum Gasteiger partial charge on any atom is -0.497 e. The number of nitrogens with one attached hydrogen (secondary N) is 1. The lowest BCUT2D eigenvalue weighted by atomic mass is 9.95. The summed E-state index contributed by atoms with van der Waals surface area (Å²) >= 11 is 0. The molecule has 0 saturated carbocycles. The highest BCUT2D eigenvalue weighted by Crippen LogP contribution is 2.30. The van der Waals surface area contributed by atoms with Gasteiger partial charge in [-0.05, 0) is 42.5 Å². The van der Waals surface area contributed by atoms with E-state index in [4.69, 9.17) is 15.2 Å². The van der Waals surface area contributed by atoms with Crippen LogP contribution in [0.25, 0.3) is 0 Å². The molecule has 5 heteroatoms. The maximum absolute atomic E-state index is 12.4. The maximum Gasteiger partial charge on any atom is 0.227 e. The third kappa shape index (κ3) is 4.13. The van der Waals surface area contributed by atoms with E-state index in [0.29, 0.717) is 25.5 Å². The van der Waals surface area contributed by atoms with Crippen molar-refractivity contribution in [2.24, 2.45) is 17.6 Å². The van der Waals surface area contributed by atoms with Gasteiger partial charge in [0.25, 0.3) is 0 Å². The molecule has 1 aliphatic heterocycles. The first-order valence-corrected chi connectivity index (χ1v) is 7.83. The fourth-order valence-electron chi connectivity index (χ4n) is 2.77. The van der Waals surface area contributed by atoms with Gasteiger partial charge in [0.2, 0.25) is 5.91 Å². The summed E-state index contributed by atoms with van der Waals surface area (Å²) in [4.78, 5) is 12.4. The number of hydrogen-bond acceptors (Lipinski definition) is 4. The van der Waals surface area contributed by atoms with Gasteiger partial charge in [-0.2, -0.15) is 0 Å². The Bertz CT molecular complexity index is 517. The van der Waals surface area contributed by atoms with E-state index in [-0.39, 0.29) is 17.9 Å². The van der Waals surface area contributed by atoms with E-state index in [1.54, 1.807) is 7.11 Å². The van der Waals surface area contributed by atoms with Gasteiger partial charge in [0, 0.05) is 12.6 Å². The van der Waals surface area contributed by atoms with Crippen LogP contribution in [0.1, 0.15) is 25.8 Å². The molecule has 0 aromatic heterocycles.